The fourth-order valence-electron chi connectivity index (χ4n) is 5.03. The first-order chi connectivity index (χ1) is 12.8. The highest BCUT2D eigenvalue weighted by atomic mass is 16.5. The first-order valence-corrected chi connectivity index (χ1v) is 11.8. The minimum atomic E-state index is 0.515. The third-order valence-corrected chi connectivity index (χ3v) is 6.76. The quantitative estimate of drug-likeness (QED) is 0.269. The Morgan fingerprint density at radius 1 is 0.731 bits per heavy atom. The predicted molar refractivity (Wildman–Crippen MR) is 114 cm³/mol. The summed E-state index contributed by atoms with van der Waals surface area (Å²) in [5, 5.41) is 0. The zero-order valence-electron chi connectivity index (χ0n) is 17.6. The average Bonchev–Trinajstić information content (AvgIpc) is 2.69. The Bertz CT molecular complexity index is 381. The maximum atomic E-state index is 6.08. The van der Waals surface area contributed by atoms with Gasteiger partial charge >= 0.3 is 0 Å². The van der Waals surface area contributed by atoms with Gasteiger partial charge < -0.3 is 4.74 Å². The standard InChI is InChI=1S/C25H44O/c1-3-5-7-8-9-11-21-26-25-19-17-24(18-20-25)23-15-13-22(14-16-23)12-10-6-4-2/h7-9,11,22-25H,3-6,10,12-21H2,1-2H3/b8-7+,11-9+/t22?,23?,24-,25-. The van der Waals surface area contributed by atoms with Crippen molar-refractivity contribution < 1.29 is 4.74 Å². The average molecular weight is 361 g/mol. The largest absolute Gasteiger partial charge is 0.374 e. The number of ether oxygens (including phenoxy) is 1. The van der Waals surface area contributed by atoms with Crippen molar-refractivity contribution in [1.82, 2.24) is 0 Å². The third kappa shape index (κ3) is 8.42. The minimum Gasteiger partial charge on any atom is -0.374 e. The fraction of sp³-hybridized carbons (Fsp3) is 0.840. The van der Waals surface area contributed by atoms with E-state index in [2.05, 4.69) is 38.2 Å². The lowest BCUT2D eigenvalue weighted by Crippen LogP contribution is -2.28. The van der Waals surface area contributed by atoms with Crippen LogP contribution in [0.25, 0.3) is 0 Å². The molecule has 0 aromatic carbocycles. The lowest BCUT2D eigenvalue weighted by molar-refractivity contribution is 0.0210. The minimum absolute atomic E-state index is 0.515. The van der Waals surface area contributed by atoms with Crippen LogP contribution in [0.1, 0.15) is 104 Å². The number of unbranched alkanes of at least 4 members (excludes halogenated alkanes) is 3. The van der Waals surface area contributed by atoms with Gasteiger partial charge in [-0.25, -0.2) is 0 Å². The first kappa shape index (κ1) is 21.7. The molecule has 0 spiro atoms. The zero-order chi connectivity index (χ0) is 18.5. The molecular weight excluding hydrogens is 316 g/mol. The summed E-state index contributed by atoms with van der Waals surface area (Å²) in [5.41, 5.74) is 0. The van der Waals surface area contributed by atoms with Crippen LogP contribution < -0.4 is 0 Å². The highest BCUT2D eigenvalue weighted by Crippen LogP contribution is 2.41. The van der Waals surface area contributed by atoms with E-state index >= 15 is 0 Å². The summed E-state index contributed by atoms with van der Waals surface area (Å²) >= 11 is 0. The molecule has 150 valence electrons. The van der Waals surface area contributed by atoms with Crippen molar-refractivity contribution in [3.63, 3.8) is 0 Å². The Balaban J connectivity index is 1.55. The van der Waals surface area contributed by atoms with Crippen LogP contribution in [0.4, 0.5) is 0 Å². The highest BCUT2D eigenvalue weighted by molar-refractivity contribution is 5.02. The Kier molecular flexibility index (Phi) is 11.4. The fourth-order valence-corrected chi connectivity index (χ4v) is 5.03. The number of hydrogen-bond acceptors (Lipinski definition) is 1. The van der Waals surface area contributed by atoms with Crippen LogP contribution >= 0.6 is 0 Å². The summed E-state index contributed by atoms with van der Waals surface area (Å²) in [6.45, 7) is 5.32. The van der Waals surface area contributed by atoms with Crippen molar-refractivity contribution in [2.24, 2.45) is 17.8 Å². The van der Waals surface area contributed by atoms with Gasteiger partial charge in [0.25, 0.3) is 0 Å². The van der Waals surface area contributed by atoms with Gasteiger partial charge in [-0.3, -0.25) is 0 Å². The van der Waals surface area contributed by atoms with E-state index in [0.717, 1.165) is 24.4 Å². The molecule has 0 radical (unpaired) electrons. The molecule has 0 bridgehead atoms. The first-order valence-electron chi connectivity index (χ1n) is 11.8. The SMILES string of the molecule is CCC/C=C/C=C/CO[C@H]1CC[C@H](C2CCC(CCCCC)CC2)CC1. The molecule has 2 saturated carbocycles. The molecule has 0 aromatic rings. The van der Waals surface area contributed by atoms with E-state index in [1.54, 1.807) is 0 Å². The number of rotatable bonds is 11. The van der Waals surface area contributed by atoms with Gasteiger partial charge in [0.1, 0.15) is 0 Å². The summed E-state index contributed by atoms with van der Waals surface area (Å²) in [7, 11) is 0. The third-order valence-electron chi connectivity index (χ3n) is 6.76. The molecule has 0 saturated heterocycles. The van der Waals surface area contributed by atoms with Gasteiger partial charge in [0.05, 0.1) is 12.7 Å². The van der Waals surface area contributed by atoms with Crippen LogP contribution in [-0.2, 0) is 4.74 Å². The van der Waals surface area contributed by atoms with Crippen LogP contribution in [0.3, 0.4) is 0 Å². The van der Waals surface area contributed by atoms with Crippen LogP contribution in [-0.4, -0.2) is 12.7 Å². The van der Waals surface area contributed by atoms with E-state index in [1.807, 2.05) is 0 Å². The molecule has 0 unspecified atom stereocenters. The van der Waals surface area contributed by atoms with E-state index < -0.39 is 0 Å². The number of allylic oxidation sites excluding steroid dienone is 3. The van der Waals surface area contributed by atoms with E-state index in [-0.39, 0.29) is 0 Å². The predicted octanol–water partition coefficient (Wildman–Crippen LogP) is 7.86. The molecule has 2 fully saturated rings. The molecule has 2 aliphatic rings. The molecule has 0 N–H and O–H groups in total. The Morgan fingerprint density at radius 2 is 1.38 bits per heavy atom. The van der Waals surface area contributed by atoms with E-state index in [1.165, 1.54) is 89.9 Å². The summed E-state index contributed by atoms with van der Waals surface area (Å²) < 4.78 is 6.08. The van der Waals surface area contributed by atoms with Crippen molar-refractivity contribution in [2.75, 3.05) is 6.61 Å². The molecule has 1 heteroatoms. The highest BCUT2D eigenvalue weighted by Gasteiger charge is 2.30. The van der Waals surface area contributed by atoms with E-state index in [0.29, 0.717) is 6.10 Å². The van der Waals surface area contributed by atoms with Crippen molar-refractivity contribution >= 4 is 0 Å². The second-order valence-electron chi connectivity index (χ2n) is 8.79. The monoisotopic (exact) mass is 360 g/mol. The van der Waals surface area contributed by atoms with Crippen molar-refractivity contribution in [2.45, 2.75) is 110 Å². The van der Waals surface area contributed by atoms with Gasteiger partial charge in [-0.1, -0.05) is 83.1 Å². The second kappa shape index (κ2) is 13.6. The Hall–Kier alpha value is -0.560. The summed E-state index contributed by atoms with van der Waals surface area (Å²) in [5.74, 6) is 3.08. The van der Waals surface area contributed by atoms with Crippen LogP contribution in [0.15, 0.2) is 24.3 Å². The smallest absolute Gasteiger partial charge is 0.0654 e. The van der Waals surface area contributed by atoms with Crippen LogP contribution in [0.2, 0.25) is 0 Å². The lowest BCUT2D eigenvalue weighted by atomic mass is 9.70. The maximum absolute atomic E-state index is 6.08. The molecule has 0 aromatic heterocycles. The molecule has 2 rings (SSSR count). The molecule has 1 nitrogen and oxygen atoms in total. The molecule has 26 heavy (non-hydrogen) atoms. The van der Waals surface area contributed by atoms with E-state index in [9.17, 15) is 0 Å². The van der Waals surface area contributed by atoms with Gasteiger partial charge in [0.15, 0.2) is 0 Å². The van der Waals surface area contributed by atoms with Gasteiger partial charge in [-0.15, -0.1) is 0 Å². The summed E-state index contributed by atoms with van der Waals surface area (Å²) in [4.78, 5) is 0. The van der Waals surface area contributed by atoms with Crippen LogP contribution in [0.5, 0.6) is 0 Å². The Labute approximate surface area is 163 Å². The van der Waals surface area contributed by atoms with Crippen molar-refractivity contribution in [1.29, 1.82) is 0 Å². The van der Waals surface area contributed by atoms with Crippen molar-refractivity contribution in [3.05, 3.63) is 24.3 Å². The molecule has 0 aliphatic heterocycles. The molecule has 0 heterocycles. The Morgan fingerprint density at radius 3 is 2.04 bits per heavy atom. The van der Waals surface area contributed by atoms with Gasteiger partial charge in [0, 0.05) is 0 Å². The molecule has 0 amide bonds. The molecular formula is C25H44O. The van der Waals surface area contributed by atoms with Crippen molar-refractivity contribution in [3.8, 4) is 0 Å². The maximum Gasteiger partial charge on any atom is 0.0654 e. The summed E-state index contributed by atoms with van der Waals surface area (Å²) in [6, 6.07) is 0. The van der Waals surface area contributed by atoms with Gasteiger partial charge in [-0.2, -0.15) is 0 Å². The van der Waals surface area contributed by atoms with E-state index in [4.69, 9.17) is 4.74 Å². The second-order valence-corrected chi connectivity index (χ2v) is 8.79. The van der Waals surface area contributed by atoms with Gasteiger partial charge in [0.2, 0.25) is 0 Å². The van der Waals surface area contributed by atoms with Gasteiger partial charge in [-0.05, 0) is 62.7 Å². The van der Waals surface area contributed by atoms with Crippen LogP contribution in [0, 0.1) is 17.8 Å². The number of hydrogen-bond donors (Lipinski definition) is 0. The molecule has 0 atom stereocenters. The summed E-state index contributed by atoms with van der Waals surface area (Å²) in [6.07, 6.45) is 28.9. The topological polar surface area (TPSA) is 9.23 Å². The zero-order valence-corrected chi connectivity index (χ0v) is 17.6. The lowest BCUT2D eigenvalue weighted by Gasteiger charge is -2.37. The normalized spacial score (nSPS) is 30.4. The molecule has 2 aliphatic carbocycles.